The minimum Gasteiger partial charge on any atom is -0.456 e. The van der Waals surface area contributed by atoms with E-state index in [1.54, 1.807) is 0 Å². The Bertz CT molecular complexity index is 3320. The Morgan fingerprint density at radius 3 is 1.75 bits per heavy atom. The van der Waals surface area contributed by atoms with E-state index >= 15 is 0 Å². The highest BCUT2D eigenvalue weighted by molar-refractivity contribution is 6.12. The van der Waals surface area contributed by atoms with E-state index in [1.165, 1.54) is 38.9 Å². The van der Waals surface area contributed by atoms with Gasteiger partial charge in [-0.1, -0.05) is 140 Å². The lowest BCUT2D eigenvalue weighted by atomic mass is 9.70. The molecule has 59 heavy (non-hydrogen) atoms. The van der Waals surface area contributed by atoms with Crippen LogP contribution in [-0.4, -0.2) is 0 Å². The van der Waals surface area contributed by atoms with Crippen molar-refractivity contribution in [1.82, 2.24) is 0 Å². The maximum Gasteiger partial charge on any atom is 0.194 e. The zero-order chi connectivity index (χ0) is 38.7. The standard InChI is InChI=1S/C55H33NO3/c1-2-16-35(17-3-1)56(36-18-12-15-34(31-36)37-23-13-29-49-53(37)41-22-7-11-28-48(41)57-49)47-27-14-30-50-54(47)59-52-33-46-42(32-51(52)58-50)40-21-6-10-26-45(40)55(46)43-24-8-4-19-38(43)39-20-5-9-25-44(39)55/h1-33H. The Hall–Kier alpha value is -7.82. The van der Waals surface area contributed by atoms with Crippen LogP contribution < -0.4 is 14.4 Å². The summed E-state index contributed by atoms with van der Waals surface area (Å²) in [6.45, 7) is 0. The summed E-state index contributed by atoms with van der Waals surface area (Å²) >= 11 is 0. The van der Waals surface area contributed by atoms with E-state index in [2.05, 4.69) is 169 Å². The zero-order valence-electron chi connectivity index (χ0n) is 31.7. The molecule has 276 valence electrons. The van der Waals surface area contributed by atoms with Gasteiger partial charge in [0.05, 0.1) is 11.1 Å². The average Bonchev–Trinajstić information content (AvgIpc) is 3.92. The maximum absolute atomic E-state index is 7.17. The van der Waals surface area contributed by atoms with Gasteiger partial charge in [-0.15, -0.1) is 0 Å². The quantitative estimate of drug-likeness (QED) is 0.179. The van der Waals surface area contributed by atoms with Crippen molar-refractivity contribution >= 4 is 39.0 Å². The van der Waals surface area contributed by atoms with Gasteiger partial charge in [0, 0.05) is 22.1 Å². The molecule has 0 amide bonds. The SMILES string of the molecule is c1ccc(N(c2cccc(-c3cccc4oc5ccccc5c34)c2)c2cccc3c2Oc2cc4c(cc2O3)-c2ccccc2C42c3ccccc3-c3ccccc32)cc1. The molecule has 0 N–H and O–H groups in total. The summed E-state index contributed by atoms with van der Waals surface area (Å²) < 4.78 is 20.3. The van der Waals surface area contributed by atoms with Crippen molar-refractivity contribution in [1.29, 1.82) is 0 Å². The van der Waals surface area contributed by atoms with Gasteiger partial charge in [-0.25, -0.2) is 0 Å². The molecule has 13 rings (SSSR count). The van der Waals surface area contributed by atoms with Gasteiger partial charge >= 0.3 is 0 Å². The summed E-state index contributed by atoms with van der Waals surface area (Å²) in [5.74, 6) is 2.72. The minimum absolute atomic E-state index is 0.489. The molecule has 2 aliphatic carbocycles. The Labute approximate surface area is 340 Å². The highest BCUT2D eigenvalue weighted by Crippen LogP contribution is 2.65. The number of nitrogens with zero attached hydrogens (tertiary/aromatic N) is 1. The van der Waals surface area contributed by atoms with Crippen molar-refractivity contribution in [3.63, 3.8) is 0 Å². The van der Waals surface area contributed by atoms with Gasteiger partial charge < -0.3 is 18.8 Å². The molecule has 9 aromatic carbocycles. The first kappa shape index (κ1) is 32.3. The molecule has 4 heteroatoms. The zero-order valence-corrected chi connectivity index (χ0v) is 31.7. The monoisotopic (exact) mass is 755 g/mol. The first-order chi connectivity index (χ1) is 29.3. The van der Waals surface area contributed by atoms with Crippen molar-refractivity contribution in [2.45, 2.75) is 5.41 Å². The molecule has 0 saturated carbocycles. The number of ether oxygens (including phenoxy) is 2. The fourth-order valence-corrected chi connectivity index (χ4v) is 10.2. The first-order valence-electron chi connectivity index (χ1n) is 20.1. The maximum atomic E-state index is 7.17. The first-order valence-corrected chi connectivity index (χ1v) is 20.1. The number of hydrogen-bond acceptors (Lipinski definition) is 4. The number of para-hydroxylation sites is 3. The van der Waals surface area contributed by atoms with Gasteiger partial charge in [0.1, 0.15) is 11.2 Å². The topological polar surface area (TPSA) is 34.8 Å². The van der Waals surface area contributed by atoms with Crippen LogP contribution in [0, 0.1) is 0 Å². The number of fused-ring (bicyclic) bond motifs is 15. The molecule has 0 saturated heterocycles. The third-order valence-corrected chi connectivity index (χ3v) is 12.5. The molecule has 2 heterocycles. The summed E-state index contributed by atoms with van der Waals surface area (Å²) in [6, 6.07) is 70.9. The second kappa shape index (κ2) is 12.1. The lowest BCUT2D eigenvalue weighted by Crippen LogP contribution is -2.25. The number of rotatable bonds is 4. The molecule has 0 bridgehead atoms. The molecule has 1 aromatic heterocycles. The molecular weight excluding hydrogens is 723 g/mol. The van der Waals surface area contributed by atoms with E-state index in [4.69, 9.17) is 13.9 Å². The van der Waals surface area contributed by atoms with E-state index < -0.39 is 5.41 Å². The van der Waals surface area contributed by atoms with Crippen molar-refractivity contribution in [3.8, 4) is 56.4 Å². The highest BCUT2D eigenvalue weighted by Gasteiger charge is 2.52. The van der Waals surface area contributed by atoms with E-state index in [0.29, 0.717) is 23.0 Å². The summed E-state index contributed by atoms with van der Waals surface area (Å²) in [4.78, 5) is 2.26. The number of hydrogen-bond donors (Lipinski definition) is 0. The predicted octanol–water partition coefficient (Wildman–Crippen LogP) is 15.0. The fourth-order valence-electron chi connectivity index (χ4n) is 10.2. The molecule has 10 aromatic rings. The van der Waals surface area contributed by atoms with Gasteiger partial charge in [0.2, 0.25) is 0 Å². The smallest absolute Gasteiger partial charge is 0.194 e. The molecule has 0 unspecified atom stereocenters. The van der Waals surface area contributed by atoms with Crippen molar-refractivity contribution < 1.29 is 13.9 Å². The summed E-state index contributed by atoms with van der Waals surface area (Å²) in [5, 5.41) is 2.21. The normalized spacial score (nSPS) is 13.5. The molecule has 3 aliphatic rings. The van der Waals surface area contributed by atoms with Gasteiger partial charge in [0.25, 0.3) is 0 Å². The van der Waals surface area contributed by atoms with Crippen LogP contribution in [0.1, 0.15) is 22.3 Å². The Balaban J connectivity index is 0.981. The van der Waals surface area contributed by atoms with E-state index in [9.17, 15) is 0 Å². The van der Waals surface area contributed by atoms with Crippen LogP contribution in [0.2, 0.25) is 0 Å². The second-order valence-electron chi connectivity index (χ2n) is 15.5. The van der Waals surface area contributed by atoms with Crippen molar-refractivity contribution in [2.24, 2.45) is 0 Å². The molecule has 0 fully saturated rings. The molecule has 4 nitrogen and oxygen atoms in total. The number of anilines is 3. The van der Waals surface area contributed by atoms with Crippen LogP contribution in [0.4, 0.5) is 17.1 Å². The van der Waals surface area contributed by atoms with E-state index in [-0.39, 0.29) is 0 Å². The molecule has 0 radical (unpaired) electrons. The van der Waals surface area contributed by atoms with Gasteiger partial charge in [0.15, 0.2) is 23.0 Å². The van der Waals surface area contributed by atoms with Crippen LogP contribution in [0.3, 0.4) is 0 Å². The number of benzene rings is 9. The van der Waals surface area contributed by atoms with Crippen LogP contribution >= 0.6 is 0 Å². The van der Waals surface area contributed by atoms with Crippen LogP contribution in [0.5, 0.6) is 23.0 Å². The van der Waals surface area contributed by atoms with E-state index in [0.717, 1.165) is 55.7 Å². The fraction of sp³-hybridized carbons (Fsp3) is 0.0182. The molecule has 1 spiro atoms. The number of furan rings is 1. The lowest BCUT2D eigenvalue weighted by Gasteiger charge is -2.32. The minimum atomic E-state index is -0.489. The van der Waals surface area contributed by atoms with Gasteiger partial charge in [-0.05, 0) is 116 Å². The Morgan fingerprint density at radius 1 is 0.373 bits per heavy atom. The molecular formula is C55H33NO3. The predicted molar refractivity (Wildman–Crippen MR) is 237 cm³/mol. The summed E-state index contributed by atoms with van der Waals surface area (Å²) in [6.07, 6.45) is 0. The molecule has 1 aliphatic heterocycles. The van der Waals surface area contributed by atoms with Gasteiger partial charge in [-0.3, -0.25) is 0 Å². The summed E-state index contributed by atoms with van der Waals surface area (Å²) in [7, 11) is 0. The third kappa shape index (κ3) is 4.43. The third-order valence-electron chi connectivity index (χ3n) is 12.5. The average molecular weight is 756 g/mol. The highest BCUT2D eigenvalue weighted by atomic mass is 16.6. The van der Waals surface area contributed by atoms with Crippen LogP contribution in [-0.2, 0) is 5.41 Å². The van der Waals surface area contributed by atoms with Gasteiger partial charge in [-0.2, -0.15) is 0 Å². The largest absolute Gasteiger partial charge is 0.456 e. The Kier molecular flexibility index (Phi) is 6.62. The van der Waals surface area contributed by atoms with Crippen LogP contribution in [0.25, 0.3) is 55.3 Å². The lowest BCUT2D eigenvalue weighted by molar-refractivity contribution is 0.360. The Morgan fingerprint density at radius 2 is 0.966 bits per heavy atom. The van der Waals surface area contributed by atoms with Crippen molar-refractivity contribution in [3.05, 3.63) is 222 Å². The van der Waals surface area contributed by atoms with Crippen molar-refractivity contribution in [2.75, 3.05) is 4.90 Å². The van der Waals surface area contributed by atoms with Crippen LogP contribution in [0.15, 0.2) is 205 Å². The molecule has 0 atom stereocenters. The van der Waals surface area contributed by atoms with E-state index in [1.807, 2.05) is 36.4 Å². The second-order valence-corrected chi connectivity index (χ2v) is 15.5. The summed E-state index contributed by atoms with van der Waals surface area (Å²) in [5.41, 5.74) is 16.3.